The average molecular weight is 420 g/mol. The van der Waals surface area contributed by atoms with Crippen molar-refractivity contribution in [3.8, 4) is 11.5 Å². The van der Waals surface area contributed by atoms with Gasteiger partial charge in [-0.3, -0.25) is 9.10 Å². The van der Waals surface area contributed by atoms with Crippen LogP contribution in [0.25, 0.3) is 0 Å². The zero-order chi connectivity index (χ0) is 19.5. The molecule has 0 fully saturated rings. The Morgan fingerprint density at radius 2 is 1.69 bits per heavy atom. The van der Waals surface area contributed by atoms with Crippen molar-refractivity contribution < 1.29 is 27.8 Å². The van der Waals surface area contributed by atoms with Crippen LogP contribution in [-0.2, 0) is 14.8 Å². The predicted molar refractivity (Wildman–Crippen MR) is 98.2 cm³/mol. The van der Waals surface area contributed by atoms with E-state index in [1.165, 1.54) is 50.6 Å². The molecule has 0 heterocycles. The number of methoxy groups -OCH3 is 2. The first-order valence-electron chi connectivity index (χ1n) is 7.12. The molecule has 0 aliphatic rings. The summed E-state index contributed by atoms with van der Waals surface area (Å²) in [5.41, 5.74) is 0.0663. The average Bonchev–Trinajstić information content (AvgIpc) is 2.61. The van der Waals surface area contributed by atoms with Crippen LogP contribution in [0.4, 0.5) is 5.69 Å². The second-order valence-corrected chi connectivity index (χ2v) is 7.70. The minimum atomic E-state index is -4.22. The highest BCUT2D eigenvalue weighted by molar-refractivity contribution is 7.92. The largest absolute Gasteiger partial charge is 0.493 e. The number of halogens is 2. The molecule has 0 aliphatic carbocycles. The molecule has 0 spiro atoms. The molecule has 0 aromatic heterocycles. The van der Waals surface area contributed by atoms with Crippen LogP contribution in [0.1, 0.15) is 0 Å². The third-order valence-corrected chi connectivity index (χ3v) is 5.92. The summed E-state index contributed by atoms with van der Waals surface area (Å²) in [5.74, 6) is -0.802. The van der Waals surface area contributed by atoms with Gasteiger partial charge in [0.05, 0.1) is 34.8 Å². The number of carboxylic acids is 1. The van der Waals surface area contributed by atoms with E-state index in [1.807, 2.05) is 0 Å². The number of hydrogen-bond donors (Lipinski definition) is 1. The van der Waals surface area contributed by atoms with Crippen LogP contribution in [0.3, 0.4) is 0 Å². The summed E-state index contributed by atoms with van der Waals surface area (Å²) in [4.78, 5) is 11.1. The molecule has 7 nitrogen and oxygen atoms in total. The minimum Gasteiger partial charge on any atom is -0.493 e. The van der Waals surface area contributed by atoms with E-state index in [0.29, 0.717) is 5.75 Å². The maximum Gasteiger partial charge on any atom is 0.324 e. The topological polar surface area (TPSA) is 93.1 Å². The molecule has 0 saturated heterocycles. The Balaban J connectivity index is 2.59. The van der Waals surface area contributed by atoms with E-state index in [9.17, 15) is 13.2 Å². The first kappa shape index (κ1) is 20.2. The van der Waals surface area contributed by atoms with E-state index >= 15 is 0 Å². The molecule has 0 bridgehead atoms. The Labute approximate surface area is 160 Å². The number of carboxylic acid groups (broad SMARTS) is 1. The number of nitrogens with zero attached hydrogens (tertiary/aromatic N) is 1. The lowest BCUT2D eigenvalue weighted by molar-refractivity contribution is -0.135. The zero-order valence-electron chi connectivity index (χ0n) is 13.8. The van der Waals surface area contributed by atoms with Gasteiger partial charge in [-0.2, -0.15) is 0 Å². The Morgan fingerprint density at radius 3 is 2.23 bits per heavy atom. The number of aliphatic carboxylic acids is 1. The van der Waals surface area contributed by atoms with Gasteiger partial charge in [-0.05, 0) is 30.3 Å². The lowest BCUT2D eigenvalue weighted by Gasteiger charge is -2.23. The molecule has 2 rings (SSSR count). The minimum absolute atomic E-state index is 0.0663. The van der Waals surface area contributed by atoms with Crippen molar-refractivity contribution >= 4 is 44.9 Å². The second kappa shape index (κ2) is 8.03. The number of rotatable bonds is 7. The quantitative estimate of drug-likeness (QED) is 0.739. The number of sulfonamides is 1. The van der Waals surface area contributed by atoms with Gasteiger partial charge in [0.25, 0.3) is 10.0 Å². The highest BCUT2D eigenvalue weighted by atomic mass is 35.5. The van der Waals surface area contributed by atoms with Crippen molar-refractivity contribution in [3.05, 3.63) is 46.4 Å². The fraction of sp³-hybridized carbons (Fsp3) is 0.188. The van der Waals surface area contributed by atoms with Gasteiger partial charge in [-0.1, -0.05) is 23.2 Å². The van der Waals surface area contributed by atoms with E-state index in [4.69, 9.17) is 37.8 Å². The molecule has 0 amide bonds. The Hall–Kier alpha value is -2.16. The normalized spacial score (nSPS) is 11.1. The van der Waals surface area contributed by atoms with Crippen LogP contribution >= 0.6 is 23.2 Å². The number of benzene rings is 2. The van der Waals surface area contributed by atoms with Gasteiger partial charge < -0.3 is 14.6 Å². The van der Waals surface area contributed by atoms with Crippen LogP contribution in [0.5, 0.6) is 11.5 Å². The first-order chi connectivity index (χ1) is 12.2. The standard InChI is InChI=1S/C16H15Cl2NO6S/c1-24-14-6-4-11(8-15(14)25-2)26(22,23)19(9-16(20)21)10-3-5-12(17)13(18)7-10/h3-8H,9H2,1-2H3,(H,20,21). The van der Waals surface area contributed by atoms with Gasteiger partial charge in [0.1, 0.15) is 6.54 Å². The molecular weight excluding hydrogens is 405 g/mol. The number of hydrogen-bond acceptors (Lipinski definition) is 5. The van der Waals surface area contributed by atoms with Crippen molar-refractivity contribution in [2.75, 3.05) is 25.1 Å². The monoisotopic (exact) mass is 419 g/mol. The zero-order valence-corrected chi connectivity index (χ0v) is 16.1. The fourth-order valence-corrected chi connectivity index (χ4v) is 3.90. The molecule has 0 aliphatic heterocycles. The lowest BCUT2D eigenvalue weighted by atomic mass is 10.3. The van der Waals surface area contributed by atoms with E-state index in [-0.39, 0.29) is 26.4 Å². The van der Waals surface area contributed by atoms with Crippen molar-refractivity contribution in [3.63, 3.8) is 0 Å². The van der Waals surface area contributed by atoms with Crippen molar-refractivity contribution in [1.29, 1.82) is 0 Å². The maximum absolute atomic E-state index is 13.0. The molecule has 140 valence electrons. The van der Waals surface area contributed by atoms with Crippen LogP contribution in [-0.4, -0.2) is 40.3 Å². The summed E-state index contributed by atoms with van der Waals surface area (Å²) in [5, 5.41) is 9.47. The predicted octanol–water partition coefficient (Wildman–Crippen LogP) is 3.29. The van der Waals surface area contributed by atoms with Gasteiger partial charge in [0.15, 0.2) is 11.5 Å². The van der Waals surface area contributed by atoms with Gasteiger partial charge in [-0.15, -0.1) is 0 Å². The number of ether oxygens (including phenoxy) is 2. The van der Waals surface area contributed by atoms with E-state index < -0.39 is 22.5 Å². The van der Waals surface area contributed by atoms with Crippen molar-refractivity contribution in [1.82, 2.24) is 0 Å². The lowest BCUT2D eigenvalue weighted by Crippen LogP contribution is -2.35. The van der Waals surface area contributed by atoms with Crippen LogP contribution < -0.4 is 13.8 Å². The molecule has 2 aromatic carbocycles. The summed E-state index contributed by atoms with van der Waals surface area (Å²) in [7, 11) is -1.44. The summed E-state index contributed by atoms with van der Waals surface area (Å²) in [6.45, 7) is -0.797. The van der Waals surface area contributed by atoms with E-state index in [2.05, 4.69) is 0 Å². The van der Waals surface area contributed by atoms with Gasteiger partial charge in [0.2, 0.25) is 0 Å². The molecule has 26 heavy (non-hydrogen) atoms. The molecule has 2 aromatic rings. The summed E-state index contributed by atoms with van der Waals surface area (Å²) >= 11 is 11.8. The van der Waals surface area contributed by atoms with Crippen LogP contribution in [0.15, 0.2) is 41.3 Å². The summed E-state index contributed by atoms with van der Waals surface area (Å²) < 4.78 is 37.0. The highest BCUT2D eigenvalue weighted by Gasteiger charge is 2.28. The molecule has 0 radical (unpaired) electrons. The van der Waals surface area contributed by atoms with Gasteiger partial charge in [-0.25, -0.2) is 8.42 Å². The SMILES string of the molecule is COc1ccc(S(=O)(=O)N(CC(=O)O)c2ccc(Cl)c(Cl)c2)cc1OC. The maximum atomic E-state index is 13.0. The summed E-state index contributed by atoms with van der Waals surface area (Å²) in [6.07, 6.45) is 0. The first-order valence-corrected chi connectivity index (χ1v) is 9.32. The summed E-state index contributed by atoms with van der Waals surface area (Å²) in [6, 6.07) is 8.00. The number of carbonyl (C=O) groups is 1. The smallest absolute Gasteiger partial charge is 0.324 e. The van der Waals surface area contributed by atoms with Crippen molar-refractivity contribution in [2.24, 2.45) is 0 Å². The third-order valence-electron chi connectivity index (χ3n) is 3.41. The Kier molecular flexibility index (Phi) is 6.22. The van der Waals surface area contributed by atoms with Gasteiger partial charge >= 0.3 is 5.97 Å². The van der Waals surface area contributed by atoms with Gasteiger partial charge in [0, 0.05) is 6.07 Å². The third kappa shape index (κ3) is 4.14. The fourth-order valence-electron chi connectivity index (χ4n) is 2.18. The molecule has 0 atom stereocenters. The van der Waals surface area contributed by atoms with Crippen LogP contribution in [0, 0.1) is 0 Å². The van der Waals surface area contributed by atoms with E-state index in [1.54, 1.807) is 0 Å². The Morgan fingerprint density at radius 1 is 1.04 bits per heavy atom. The Bertz CT molecular complexity index is 932. The molecule has 0 saturated carbocycles. The molecule has 1 N–H and O–H groups in total. The van der Waals surface area contributed by atoms with Crippen LogP contribution in [0.2, 0.25) is 10.0 Å². The molecular formula is C16H15Cl2NO6S. The second-order valence-electron chi connectivity index (χ2n) is 5.02. The number of anilines is 1. The molecule has 0 unspecified atom stereocenters. The highest BCUT2D eigenvalue weighted by Crippen LogP contribution is 2.34. The van der Waals surface area contributed by atoms with Crippen molar-refractivity contribution in [2.45, 2.75) is 4.90 Å². The molecule has 10 heteroatoms. The van der Waals surface area contributed by atoms with E-state index in [0.717, 1.165) is 4.31 Å².